The van der Waals surface area contributed by atoms with E-state index in [1.165, 1.54) is 24.3 Å². The van der Waals surface area contributed by atoms with Gasteiger partial charge in [0.25, 0.3) is 0 Å². The van der Waals surface area contributed by atoms with Crippen LogP contribution in [0.1, 0.15) is 23.1 Å². The van der Waals surface area contributed by atoms with E-state index in [2.05, 4.69) is 9.47 Å². The molecule has 232 valence electrons. The number of hydrogen-bond acceptors (Lipinski definition) is 3. The maximum Gasteiger partial charge on any atom is 0.573 e. The van der Waals surface area contributed by atoms with Gasteiger partial charge in [-0.2, -0.15) is 13.2 Å². The van der Waals surface area contributed by atoms with Gasteiger partial charge in [0, 0.05) is 24.2 Å². The normalized spacial score (nSPS) is 17.0. The van der Waals surface area contributed by atoms with Gasteiger partial charge in [-0.15, -0.1) is 26.3 Å². The molecular weight excluding hydrogens is 601 g/mol. The standard InChI is InChI=1S/C32H24F9NO2/c33-30(34,35)14-15-42-20-29(27-12-1-2-13-28(27)42,24-9-5-11-26(18-24)44-32(39,40)41)19-21-6-3-7-22(16-21)23-8-4-10-25(17-23)43-31(36,37)38/h1-13,16-18H,14-15,19-20H2. The van der Waals surface area contributed by atoms with Crippen LogP contribution in [0.15, 0.2) is 97.1 Å². The minimum absolute atomic E-state index is 0.0248. The number of alkyl halides is 9. The number of anilines is 1. The fourth-order valence-electron chi connectivity index (χ4n) is 5.68. The fraction of sp³-hybridized carbons (Fsp3) is 0.250. The highest BCUT2D eigenvalue weighted by Gasteiger charge is 2.45. The van der Waals surface area contributed by atoms with Gasteiger partial charge < -0.3 is 14.4 Å². The van der Waals surface area contributed by atoms with Crippen molar-refractivity contribution >= 4 is 5.69 Å². The molecule has 1 aliphatic heterocycles. The van der Waals surface area contributed by atoms with E-state index in [1.54, 1.807) is 65.6 Å². The maximum atomic E-state index is 13.3. The number of hydrogen-bond donors (Lipinski definition) is 0. The lowest BCUT2D eigenvalue weighted by molar-refractivity contribution is -0.275. The lowest BCUT2D eigenvalue weighted by Gasteiger charge is -2.32. The predicted molar refractivity (Wildman–Crippen MR) is 145 cm³/mol. The first-order valence-electron chi connectivity index (χ1n) is 13.3. The lowest BCUT2D eigenvalue weighted by atomic mass is 9.71. The molecule has 12 heteroatoms. The summed E-state index contributed by atoms with van der Waals surface area (Å²) in [7, 11) is 0. The molecule has 1 heterocycles. The quantitative estimate of drug-likeness (QED) is 0.182. The third kappa shape index (κ3) is 7.40. The molecule has 0 N–H and O–H groups in total. The number of ether oxygens (including phenoxy) is 2. The van der Waals surface area contributed by atoms with Crippen LogP contribution in [-0.2, 0) is 11.8 Å². The summed E-state index contributed by atoms with van der Waals surface area (Å²) in [6, 6.07) is 24.4. The van der Waals surface area contributed by atoms with Gasteiger partial charge in [-0.1, -0.05) is 66.7 Å². The molecule has 0 fully saturated rings. The Hall–Kier alpha value is -4.35. The number of benzene rings is 4. The Morgan fingerprint density at radius 1 is 0.636 bits per heavy atom. The zero-order valence-electron chi connectivity index (χ0n) is 22.7. The van der Waals surface area contributed by atoms with E-state index in [1.807, 2.05) is 0 Å². The molecule has 0 bridgehead atoms. The summed E-state index contributed by atoms with van der Waals surface area (Å²) >= 11 is 0. The molecule has 0 spiro atoms. The highest BCUT2D eigenvalue weighted by atomic mass is 19.4. The number of halogens is 9. The van der Waals surface area contributed by atoms with E-state index in [0.29, 0.717) is 33.5 Å². The predicted octanol–water partition coefficient (Wildman–Crippen LogP) is 9.45. The monoisotopic (exact) mass is 625 g/mol. The average Bonchev–Trinajstić information content (AvgIpc) is 3.24. The molecule has 0 radical (unpaired) electrons. The molecule has 3 nitrogen and oxygen atoms in total. The summed E-state index contributed by atoms with van der Waals surface area (Å²) in [6.07, 6.45) is -15.2. The van der Waals surface area contributed by atoms with Crippen molar-refractivity contribution in [1.82, 2.24) is 0 Å². The molecule has 0 saturated carbocycles. The highest BCUT2D eigenvalue weighted by molar-refractivity contribution is 5.69. The first-order chi connectivity index (χ1) is 20.6. The first-order valence-corrected chi connectivity index (χ1v) is 13.3. The molecular formula is C32H24F9NO2. The van der Waals surface area contributed by atoms with E-state index in [-0.39, 0.29) is 19.5 Å². The van der Waals surface area contributed by atoms with Gasteiger partial charge in [0.05, 0.1) is 6.42 Å². The number of nitrogens with zero attached hydrogens (tertiary/aromatic N) is 1. The summed E-state index contributed by atoms with van der Waals surface area (Å²) in [6.45, 7) is -0.343. The molecule has 5 rings (SSSR count). The van der Waals surface area contributed by atoms with Gasteiger partial charge in [0.1, 0.15) is 11.5 Å². The van der Waals surface area contributed by atoms with Crippen LogP contribution in [0.5, 0.6) is 11.5 Å². The second kappa shape index (κ2) is 11.6. The van der Waals surface area contributed by atoms with Crippen LogP contribution in [0.4, 0.5) is 45.2 Å². The molecule has 0 aromatic heterocycles. The van der Waals surface area contributed by atoms with Crippen molar-refractivity contribution in [2.45, 2.75) is 37.2 Å². The Bertz CT molecular complexity index is 1610. The van der Waals surface area contributed by atoms with Gasteiger partial charge in [-0.05, 0) is 64.6 Å². The Morgan fingerprint density at radius 2 is 1.23 bits per heavy atom. The summed E-state index contributed by atoms with van der Waals surface area (Å²) < 4.78 is 126. The zero-order chi connectivity index (χ0) is 31.8. The Kier molecular flexibility index (Phi) is 8.21. The summed E-state index contributed by atoms with van der Waals surface area (Å²) in [4.78, 5) is 1.57. The van der Waals surface area contributed by atoms with E-state index >= 15 is 0 Å². The molecule has 4 aromatic carbocycles. The third-order valence-corrected chi connectivity index (χ3v) is 7.34. The number of fused-ring (bicyclic) bond motifs is 1. The number of para-hydroxylation sites is 1. The molecule has 1 aliphatic rings. The van der Waals surface area contributed by atoms with Gasteiger partial charge in [-0.3, -0.25) is 0 Å². The zero-order valence-corrected chi connectivity index (χ0v) is 22.7. The second-order valence-corrected chi connectivity index (χ2v) is 10.4. The van der Waals surface area contributed by atoms with Crippen molar-refractivity contribution in [2.75, 3.05) is 18.0 Å². The maximum absolute atomic E-state index is 13.3. The van der Waals surface area contributed by atoms with Crippen molar-refractivity contribution in [3.63, 3.8) is 0 Å². The van der Waals surface area contributed by atoms with Gasteiger partial charge in [0.2, 0.25) is 0 Å². The molecule has 1 unspecified atom stereocenters. The van der Waals surface area contributed by atoms with Gasteiger partial charge in [-0.25, -0.2) is 0 Å². The molecule has 1 atom stereocenters. The van der Waals surface area contributed by atoms with Crippen LogP contribution >= 0.6 is 0 Å². The largest absolute Gasteiger partial charge is 0.573 e. The SMILES string of the molecule is FC(F)(F)CCN1CC(Cc2cccc(-c3cccc(OC(F)(F)F)c3)c2)(c2cccc(OC(F)(F)F)c2)c2ccccc21. The van der Waals surface area contributed by atoms with Crippen LogP contribution in [0.2, 0.25) is 0 Å². The Morgan fingerprint density at radius 3 is 1.89 bits per heavy atom. The lowest BCUT2D eigenvalue weighted by Crippen LogP contribution is -2.38. The van der Waals surface area contributed by atoms with Crippen LogP contribution in [0.3, 0.4) is 0 Å². The minimum Gasteiger partial charge on any atom is -0.406 e. The average molecular weight is 626 g/mol. The Labute approximate surface area is 246 Å². The van der Waals surface area contributed by atoms with E-state index in [4.69, 9.17) is 0 Å². The molecule has 44 heavy (non-hydrogen) atoms. The van der Waals surface area contributed by atoms with Crippen LogP contribution in [0, 0.1) is 0 Å². The van der Waals surface area contributed by atoms with Crippen LogP contribution in [0.25, 0.3) is 11.1 Å². The molecule has 0 saturated heterocycles. The van der Waals surface area contributed by atoms with E-state index < -0.39 is 42.2 Å². The van der Waals surface area contributed by atoms with Crippen molar-refractivity contribution in [2.24, 2.45) is 0 Å². The topological polar surface area (TPSA) is 21.7 Å². The highest BCUT2D eigenvalue weighted by Crippen LogP contribution is 2.48. The Balaban J connectivity index is 1.58. The second-order valence-electron chi connectivity index (χ2n) is 10.4. The fourth-order valence-corrected chi connectivity index (χ4v) is 5.68. The van der Waals surface area contributed by atoms with Crippen molar-refractivity contribution in [1.29, 1.82) is 0 Å². The van der Waals surface area contributed by atoms with Crippen molar-refractivity contribution in [3.8, 4) is 22.6 Å². The van der Waals surface area contributed by atoms with Gasteiger partial charge in [0.15, 0.2) is 0 Å². The summed E-state index contributed by atoms with van der Waals surface area (Å²) in [5.74, 6) is -0.890. The molecule has 0 aliphatic carbocycles. The third-order valence-electron chi connectivity index (χ3n) is 7.34. The summed E-state index contributed by atoms with van der Waals surface area (Å²) in [5.41, 5.74) is 2.05. The molecule has 0 amide bonds. The first kappa shape index (κ1) is 31.1. The summed E-state index contributed by atoms with van der Waals surface area (Å²) in [5, 5.41) is 0. The van der Waals surface area contributed by atoms with Crippen molar-refractivity contribution < 1.29 is 49.0 Å². The number of rotatable bonds is 8. The van der Waals surface area contributed by atoms with E-state index in [9.17, 15) is 39.5 Å². The minimum atomic E-state index is -4.96. The van der Waals surface area contributed by atoms with Crippen LogP contribution < -0.4 is 14.4 Å². The van der Waals surface area contributed by atoms with Gasteiger partial charge >= 0.3 is 18.9 Å². The smallest absolute Gasteiger partial charge is 0.406 e. The van der Waals surface area contributed by atoms with Crippen LogP contribution in [-0.4, -0.2) is 32.0 Å². The van der Waals surface area contributed by atoms with Crippen molar-refractivity contribution in [3.05, 3.63) is 114 Å². The molecule has 4 aromatic rings. The van der Waals surface area contributed by atoms with E-state index in [0.717, 1.165) is 12.1 Å².